The zero-order valence-corrected chi connectivity index (χ0v) is 10.9. The van der Waals surface area contributed by atoms with Gasteiger partial charge in [0.05, 0.1) is 13.3 Å². The average Bonchev–Trinajstić information content (AvgIpc) is 2.91. The van der Waals surface area contributed by atoms with E-state index in [-0.39, 0.29) is 0 Å². The average molecular weight is 275 g/mol. The van der Waals surface area contributed by atoms with Gasteiger partial charge in [-0.3, -0.25) is 5.10 Å². The molecule has 0 bridgehead atoms. The first kappa shape index (κ1) is 11.8. The van der Waals surface area contributed by atoms with E-state index in [0.717, 1.165) is 22.3 Å². The normalized spacial score (nSPS) is 10.6. The van der Waals surface area contributed by atoms with E-state index < -0.39 is 0 Å². The highest BCUT2D eigenvalue weighted by atomic mass is 35.5. The highest BCUT2D eigenvalue weighted by Gasteiger charge is 2.06. The Balaban J connectivity index is 2.06. The van der Waals surface area contributed by atoms with Crippen LogP contribution in [0, 0.1) is 0 Å². The summed E-state index contributed by atoms with van der Waals surface area (Å²) in [5, 5.41) is 12.1. The van der Waals surface area contributed by atoms with Gasteiger partial charge in [-0.25, -0.2) is 4.98 Å². The maximum Gasteiger partial charge on any atom is 0.139 e. The van der Waals surface area contributed by atoms with Crippen LogP contribution >= 0.6 is 11.6 Å². The van der Waals surface area contributed by atoms with Gasteiger partial charge in [-0.15, -0.1) is 0 Å². The van der Waals surface area contributed by atoms with Gasteiger partial charge in [-0.2, -0.15) is 5.10 Å². The summed E-state index contributed by atoms with van der Waals surface area (Å²) in [6.45, 7) is 0. The first-order valence-corrected chi connectivity index (χ1v) is 6.05. The van der Waals surface area contributed by atoms with Crippen LogP contribution in [-0.4, -0.2) is 22.3 Å². The molecule has 0 radical (unpaired) electrons. The van der Waals surface area contributed by atoms with Crippen molar-refractivity contribution in [2.75, 3.05) is 12.4 Å². The van der Waals surface area contributed by atoms with E-state index in [1.807, 2.05) is 30.3 Å². The first-order chi connectivity index (χ1) is 9.26. The molecule has 1 aromatic carbocycles. The molecule has 0 atom stereocenters. The molecule has 2 N–H and O–H groups in total. The smallest absolute Gasteiger partial charge is 0.139 e. The highest BCUT2D eigenvalue weighted by Crippen LogP contribution is 2.28. The van der Waals surface area contributed by atoms with Gasteiger partial charge in [-0.05, 0) is 29.7 Å². The lowest BCUT2D eigenvalue weighted by Gasteiger charge is -2.07. The number of pyridine rings is 1. The Labute approximate surface area is 114 Å². The highest BCUT2D eigenvalue weighted by molar-refractivity contribution is 6.34. The topological polar surface area (TPSA) is 62.8 Å². The third-order valence-corrected chi connectivity index (χ3v) is 3.04. The molecule has 0 aliphatic heterocycles. The molecule has 0 unspecified atom stereocenters. The molecule has 3 aromatic rings. The number of aromatic amines is 1. The van der Waals surface area contributed by atoms with Crippen molar-refractivity contribution >= 4 is 34.0 Å². The molecule has 5 nitrogen and oxygen atoms in total. The summed E-state index contributed by atoms with van der Waals surface area (Å²) in [6.07, 6.45) is 1.66. The van der Waals surface area contributed by atoms with Crippen LogP contribution in [0.3, 0.4) is 0 Å². The van der Waals surface area contributed by atoms with Crippen molar-refractivity contribution < 1.29 is 4.74 Å². The van der Waals surface area contributed by atoms with Crippen LogP contribution < -0.4 is 10.1 Å². The van der Waals surface area contributed by atoms with E-state index in [1.165, 1.54) is 0 Å². The number of halogens is 1. The second kappa shape index (κ2) is 4.78. The number of benzene rings is 1. The summed E-state index contributed by atoms with van der Waals surface area (Å²) in [7, 11) is 1.63. The summed E-state index contributed by atoms with van der Waals surface area (Å²) in [5.41, 5.74) is 0. The molecule has 0 saturated heterocycles. The van der Waals surface area contributed by atoms with Crippen LogP contribution in [0.15, 0.2) is 36.5 Å². The molecule has 2 aromatic heterocycles. The van der Waals surface area contributed by atoms with Crippen LogP contribution in [0.2, 0.25) is 5.15 Å². The van der Waals surface area contributed by atoms with Gasteiger partial charge in [0.25, 0.3) is 0 Å². The molecule has 0 amide bonds. The third-order valence-electron chi connectivity index (χ3n) is 2.76. The summed E-state index contributed by atoms with van der Waals surface area (Å²) in [6, 6.07) is 9.39. The molecule has 3 rings (SSSR count). The van der Waals surface area contributed by atoms with Gasteiger partial charge >= 0.3 is 0 Å². The van der Waals surface area contributed by atoms with Crippen LogP contribution in [-0.2, 0) is 0 Å². The summed E-state index contributed by atoms with van der Waals surface area (Å²) >= 11 is 6.18. The monoisotopic (exact) mass is 274 g/mol. The Hall–Kier alpha value is -2.27. The minimum atomic E-state index is 0.446. The minimum absolute atomic E-state index is 0.446. The Morgan fingerprint density at radius 3 is 2.89 bits per heavy atom. The molecule has 0 aliphatic carbocycles. The number of nitrogens with zero attached hydrogens (tertiary/aromatic N) is 2. The molecule has 0 saturated carbocycles. The van der Waals surface area contributed by atoms with E-state index in [9.17, 15) is 0 Å². The number of aromatic nitrogens is 3. The van der Waals surface area contributed by atoms with Gasteiger partial charge in [0, 0.05) is 11.5 Å². The number of hydrogen-bond acceptors (Lipinski definition) is 4. The molecule has 0 aliphatic rings. The second-order valence-corrected chi connectivity index (χ2v) is 4.34. The van der Waals surface area contributed by atoms with Crippen LogP contribution in [0.25, 0.3) is 10.8 Å². The Morgan fingerprint density at radius 1 is 1.26 bits per heavy atom. The van der Waals surface area contributed by atoms with Crippen molar-refractivity contribution in [1.82, 2.24) is 15.2 Å². The van der Waals surface area contributed by atoms with Gasteiger partial charge in [0.2, 0.25) is 0 Å². The van der Waals surface area contributed by atoms with E-state index >= 15 is 0 Å². The lowest BCUT2D eigenvalue weighted by atomic mass is 10.1. The molecule has 2 heterocycles. The number of H-pyrrole nitrogens is 1. The third kappa shape index (κ3) is 2.32. The van der Waals surface area contributed by atoms with Crippen molar-refractivity contribution in [3.05, 3.63) is 41.7 Å². The first-order valence-electron chi connectivity index (χ1n) is 5.67. The molecule has 6 heteroatoms. The maximum atomic E-state index is 6.18. The molecule has 0 fully saturated rings. The number of methoxy groups -OCH3 is 1. The SMILES string of the molecule is COc1ccc2c(Cl)nc(Nc3ccn[nH]3)cc2c1. The van der Waals surface area contributed by atoms with Gasteiger partial charge in [0.1, 0.15) is 22.5 Å². The Bertz CT molecular complexity index is 712. The Morgan fingerprint density at radius 2 is 2.16 bits per heavy atom. The lowest BCUT2D eigenvalue weighted by molar-refractivity contribution is 0.415. The number of anilines is 2. The van der Waals surface area contributed by atoms with Crippen molar-refractivity contribution in [3.63, 3.8) is 0 Å². The van der Waals surface area contributed by atoms with E-state index in [4.69, 9.17) is 16.3 Å². The van der Waals surface area contributed by atoms with Crippen LogP contribution in [0.4, 0.5) is 11.6 Å². The molecule has 0 spiro atoms. The Kier molecular flexibility index (Phi) is 2.97. The van der Waals surface area contributed by atoms with Gasteiger partial charge in [-0.1, -0.05) is 11.6 Å². The summed E-state index contributed by atoms with van der Waals surface area (Å²) in [5.74, 6) is 2.18. The number of rotatable bonds is 3. The fourth-order valence-corrected chi connectivity index (χ4v) is 2.11. The fraction of sp³-hybridized carbons (Fsp3) is 0.0769. The number of hydrogen-bond donors (Lipinski definition) is 2. The molecular formula is C13H11ClN4O. The molecule has 19 heavy (non-hydrogen) atoms. The van der Waals surface area contributed by atoms with E-state index in [2.05, 4.69) is 20.5 Å². The van der Waals surface area contributed by atoms with Crippen LogP contribution in [0.5, 0.6) is 5.75 Å². The van der Waals surface area contributed by atoms with Crippen molar-refractivity contribution in [2.24, 2.45) is 0 Å². The predicted molar refractivity (Wildman–Crippen MR) is 75.2 cm³/mol. The maximum absolute atomic E-state index is 6.18. The fourth-order valence-electron chi connectivity index (χ4n) is 1.85. The number of nitrogens with one attached hydrogen (secondary N) is 2. The van der Waals surface area contributed by atoms with E-state index in [0.29, 0.717) is 11.0 Å². The van der Waals surface area contributed by atoms with Gasteiger partial charge in [0.15, 0.2) is 0 Å². The lowest BCUT2D eigenvalue weighted by Crippen LogP contribution is -1.95. The van der Waals surface area contributed by atoms with Crippen molar-refractivity contribution in [2.45, 2.75) is 0 Å². The zero-order valence-electron chi connectivity index (χ0n) is 10.1. The van der Waals surface area contributed by atoms with E-state index in [1.54, 1.807) is 13.3 Å². The second-order valence-electron chi connectivity index (χ2n) is 3.98. The zero-order chi connectivity index (χ0) is 13.2. The largest absolute Gasteiger partial charge is 0.497 e. The van der Waals surface area contributed by atoms with Gasteiger partial charge < -0.3 is 10.1 Å². The molecule has 96 valence electrons. The minimum Gasteiger partial charge on any atom is -0.497 e. The quantitative estimate of drug-likeness (QED) is 0.719. The summed E-state index contributed by atoms with van der Waals surface area (Å²) < 4.78 is 5.21. The molecular weight excluding hydrogens is 264 g/mol. The summed E-state index contributed by atoms with van der Waals surface area (Å²) in [4.78, 5) is 4.30. The van der Waals surface area contributed by atoms with Crippen molar-refractivity contribution in [3.8, 4) is 5.75 Å². The standard InChI is InChI=1S/C13H11ClN4O/c1-19-9-2-3-10-8(6-9)7-12(17-13(10)14)16-11-4-5-15-18-11/h2-7H,1H3,(H2,15,16,17,18). The van der Waals surface area contributed by atoms with Crippen molar-refractivity contribution in [1.29, 1.82) is 0 Å². The predicted octanol–water partition coefficient (Wildman–Crippen LogP) is 3.36. The number of fused-ring (bicyclic) bond motifs is 1. The van der Waals surface area contributed by atoms with Crippen LogP contribution in [0.1, 0.15) is 0 Å². The number of ether oxygens (including phenoxy) is 1.